The van der Waals surface area contributed by atoms with E-state index in [-0.39, 0.29) is 49.1 Å². The monoisotopic (exact) mass is 931 g/mol. The summed E-state index contributed by atoms with van der Waals surface area (Å²) in [7, 11) is 2.66. The number of ether oxygens (including phenoxy) is 2. The van der Waals surface area contributed by atoms with Crippen molar-refractivity contribution in [3.8, 4) is 0 Å². The van der Waals surface area contributed by atoms with E-state index in [0.717, 1.165) is 51.9 Å². The molecule has 4 atom stereocenters. The van der Waals surface area contributed by atoms with Crippen LogP contribution in [0.4, 0.5) is 5.69 Å². The van der Waals surface area contributed by atoms with Gasteiger partial charge in [0, 0.05) is 56.5 Å². The summed E-state index contributed by atoms with van der Waals surface area (Å²) in [6.45, 7) is 2.21. The van der Waals surface area contributed by atoms with Crippen molar-refractivity contribution in [2.75, 3.05) is 32.2 Å². The highest BCUT2D eigenvalue weighted by Crippen LogP contribution is 2.29. The van der Waals surface area contributed by atoms with Gasteiger partial charge in [-0.1, -0.05) is 127 Å². The Bertz CT molecular complexity index is 2320. The van der Waals surface area contributed by atoms with Gasteiger partial charge in [0.05, 0.1) is 39.1 Å². The molecule has 2 amide bonds. The molecule has 2 saturated heterocycles. The number of methoxy groups -OCH3 is 2. The fraction of sp³-hybridized carbons (Fsp3) is 0.379. The lowest BCUT2D eigenvalue weighted by Crippen LogP contribution is -2.44. The van der Waals surface area contributed by atoms with Gasteiger partial charge in [-0.2, -0.15) is 0 Å². The zero-order chi connectivity index (χ0) is 48.5. The van der Waals surface area contributed by atoms with Gasteiger partial charge in [-0.15, -0.1) is 0 Å². The summed E-state index contributed by atoms with van der Waals surface area (Å²) in [5.74, 6) is -2.32. The molecule has 2 heterocycles. The molecular weight excluding hydrogens is 867 g/mol. The van der Waals surface area contributed by atoms with Crippen molar-refractivity contribution in [1.82, 2.24) is 9.80 Å². The summed E-state index contributed by atoms with van der Waals surface area (Å²) in [6, 6.07) is 45.1. The number of para-hydroxylation sites is 1. The number of carbonyl (C=O) groups is 6. The van der Waals surface area contributed by atoms with Crippen LogP contribution in [-0.2, 0) is 77.0 Å². The number of ketones is 2. The highest BCUT2D eigenvalue weighted by molar-refractivity contribution is 5.93. The number of hydrogen-bond acceptors (Lipinski definition) is 9. The van der Waals surface area contributed by atoms with Gasteiger partial charge in [-0.25, -0.2) is 0 Å². The molecule has 2 aliphatic rings. The molecule has 0 bridgehead atoms. The first-order valence-corrected chi connectivity index (χ1v) is 24.4. The molecule has 5 aromatic rings. The number of esters is 2. The molecule has 11 heteroatoms. The molecule has 7 rings (SSSR count). The molecule has 0 spiro atoms. The lowest BCUT2D eigenvalue weighted by atomic mass is 9.94. The molecular formula is C58H65N3O8. The molecule has 0 radical (unpaired) electrons. The summed E-state index contributed by atoms with van der Waals surface area (Å²) < 4.78 is 9.89. The average molecular weight is 932 g/mol. The molecule has 360 valence electrons. The van der Waals surface area contributed by atoms with Gasteiger partial charge < -0.3 is 24.2 Å². The standard InChI is InChI=1S/C58H65N3O8/c1-68-55(64)38-48(32-30-42-14-6-3-7-15-42)57(66)60-34-12-20-51(60)53(62)36-44-22-26-46(27-23-44)40-59(50-18-10-5-11-19-50)41-47-28-24-45(25-29-47)37-54(63)52-21-13-35-61(52)58(67)49(39-56(65)69-2)33-31-43-16-8-4-9-17-43/h3-11,14-19,22-29,48-49,51-52H,12-13,20-21,30-41H2,1-2H3/t48-,49?,51+,52+/m1/s1. The van der Waals surface area contributed by atoms with E-state index in [0.29, 0.717) is 64.7 Å². The highest BCUT2D eigenvalue weighted by atomic mass is 16.5. The zero-order valence-electron chi connectivity index (χ0n) is 40.0. The van der Waals surface area contributed by atoms with Crippen LogP contribution in [0.15, 0.2) is 140 Å². The molecule has 2 aliphatic heterocycles. The number of rotatable bonds is 23. The fourth-order valence-corrected chi connectivity index (χ4v) is 9.85. The largest absolute Gasteiger partial charge is 0.469 e. The third-order valence-electron chi connectivity index (χ3n) is 13.7. The van der Waals surface area contributed by atoms with Gasteiger partial charge in [-0.3, -0.25) is 28.8 Å². The second-order valence-corrected chi connectivity index (χ2v) is 18.5. The topological polar surface area (TPSA) is 131 Å². The fourth-order valence-electron chi connectivity index (χ4n) is 9.85. The summed E-state index contributed by atoms with van der Waals surface area (Å²) in [5.41, 5.74) is 7.13. The lowest BCUT2D eigenvalue weighted by molar-refractivity contribution is -0.148. The van der Waals surface area contributed by atoms with Crippen molar-refractivity contribution < 1.29 is 38.2 Å². The Morgan fingerprint density at radius 3 is 1.23 bits per heavy atom. The first kappa shape index (κ1) is 50.0. The van der Waals surface area contributed by atoms with Gasteiger partial charge in [0.15, 0.2) is 11.6 Å². The van der Waals surface area contributed by atoms with Crippen LogP contribution in [0.3, 0.4) is 0 Å². The Labute approximate surface area is 406 Å². The number of aryl methyl sites for hydroxylation is 2. The minimum Gasteiger partial charge on any atom is -0.469 e. The van der Waals surface area contributed by atoms with E-state index >= 15 is 0 Å². The SMILES string of the molecule is COC(=O)CC(CCc1ccccc1)C(=O)N1CCC[C@H]1C(=O)Cc1ccc(CN(Cc2ccc(CC(=O)[C@@H]3CCCN3C(=O)[C@H](CCc3ccccc3)CC(=O)OC)cc2)c2ccccc2)cc1. The first-order valence-electron chi connectivity index (χ1n) is 24.4. The van der Waals surface area contributed by atoms with E-state index < -0.39 is 35.9 Å². The maximum atomic E-state index is 13.9. The molecule has 2 fully saturated rings. The van der Waals surface area contributed by atoms with Crippen molar-refractivity contribution in [3.63, 3.8) is 0 Å². The Morgan fingerprint density at radius 1 is 0.493 bits per heavy atom. The van der Waals surface area contributed by atoms with Crippen LogP contribution in [0, 0.1) is 11.8 Å². The van der Waals surface area contributed by atoms with Crippen LogP contribution in [0.1, 0.15) is 84.7 Å². The number of Topliss-reactive ketones (excluding diaryl/α,β-unsaturated/α-hetero) is 2. The Kier molecular flexibility index (Phi) is 18.1. The Morgan fingerprint density at radius 2 is 0.855 bits per heavy atom. The minimum absolute atomic E-state index is 0.00241. The number of anilines is 1. The molecule has 0 saturated carbocycles. The van der Waals surface area contributed by atoms with Crippen LogP contribution in [0.25, 0.3) is 0 Å². The number of hydrogen-bond donors (Lipinski definition) is 0. The van der Waals surface area contributed by atoms with Crippen LogP contribution in [0.2, 0.25) is 0 Å². The minimum atomic E-state index is -0.567. The predicted molar refractivity (Wildman–Crippen MR) is 266 cm³/mol. The maximum absolute atomic E-state index is 13.9. The van der Waals surface area contributed by atoms with Crippen molar-refractivity contribution in [1.29, 1.82) is 0 Å². The van der Waals surface area contributed by atoms with E-state index in [9.17, 15) is 28.8 Å². The molecule has 11 nitrogen and oxygen atoms in total. The van der Waals surface area contributed by atoms with E-state index in [2.05, 4.69) is 41.3 Å². The quantitative estimate of drug-likeness (QED) is 0.0591. The third-order valence-corrected chi connectivity index (χ3v) is 13.7. The highest BCUT2D eigenvalue weighted by Gasteiger charge is 2.39. The second kappa shape index (κ2) is 24.9. The van der Waals surface area contributed by atoms with Gasteiger partial charge in [0.25, 0.3) is 0 Å². The number of likely N-dealkylation sites (tertiary alicyclic amines) is 2. The number of amides is 2. The summed E-state index contributed by atoms with van der Waals surface area (Å²) in [4.78, 5) is 86.0. The first-order chi connectivity index (χ1) is 33.6. The Balaban J connectivity index is 0.949. The summed E-state index contributed by atoms with van der Waals surface area (Å²) >= 11 is 0. The second-order valence-electron chi connectivity index (χ2n) is 18.5. The van der Waals surface area contributed by atoms with Crippen LogP contribution in [0.5, 0.6) is 0 Å². The van der Waals surface area contributed by atoms with Gasteiger partial charge in [0.2, 0.25) is 11.8 Å². The zero-order valence-corrected chi connectivity index (χ0v) is 40.0. The maximum Gasteiger partial charge on any atom is 0.306 e. The van der Waals surface area contributed by atoms with Gasteiger partial charge in [0.1, 0.15) is 0 Å². The number of nitrogens with zero attached hydrogens (tertiary/aromatic N) is 3. The van der Waals surface area contributed by atoms with Crippen LogP contribution in [-0.4, -0.2) is 84.5 Å². The van der Waals surface area contributed by atoms with Crippen molar-refractivity contribution >= 4 is 41.0 Å². The van der Waals surface area contributed by atoms with Crippen molar-refractivity contribution in [3.05, 3.63) is 173 Å². The third kappa shape index (κ3) is 14.1. The summed E-state index contributed by atoms with van der Waals surface area (Å²) in [6.07, 6.45) is 5.33. The molecule has 0 N–H and O–H groups in total. The predicted octanol–water partition coefficient (Wildman–Crippen LogP) is 8.72. The molecule has 1 unspecified atom stereocenters. The molecule has 69 heavy (non-hydrogen) atoms. The van der Waals surface area contributed by atoms with Gasteiger partial charge in [-0.05, 0) is 96.9 Å². The summed E-state index contributed by atoms with van der Waals surface area (Å²) in [5, 5.41) is 0. The van der Waals surface area contributed by atoms with E-state index in [4.69, 9.17) is 9.47 Å². The number of carbonyl (C=O) groups excluding carboxylic acids is 6. The van der Waals surface area contributed by atoms with E-state index in [1.165, 1.54) is 14.2 Å². The van der Waals surface area contributed by atoms with Crippen molar-refractivity contribution in [2.24, 2.45) is 11.8 Å². The smallest absolute Gasteiger partial charge is 0.306 e. The normalized spacial score (nSPS) is 16.4. The van der Waals surface area contributed by atoms with Crippen molar-refractivity contribution in [2.45, 2.75) is 102 Å². The average Bonchev–Trinajstić information content (AvgIpc) is 4.10. The van der Waals surface area contributed by atoms with E-state index in [1.54, 1.807) is 9.80 Å². The Hall–Kier alpha value is -6.88. The molecule has 5 aromatic carbocycles. The molecule has 0 aromatic heterocycles. The van der Waals surface area contributed by atoms with Crippen LogP contribution < -0.4 is 4.90 Å². The lowest BCUT2D eigenvalue weighted by Gasteiger charge is -2.28. The van der Waals surface area contributed by atoms with E-state index in [1.807, 2.05) is 103 Å². The van der Waals surface area contributed by atoms with Gasteiger partial charge >= 0.3 is 11.9 Å². The molecule has 0 aliphatic carbocycles. The number of benzene rings is 5. The van der Waals surface area contributed by atoms with Crippen LogP contribution >= 0.6 is 0 Å².